The number of hydrogen-bond donors (Lipinski definition) is 4. The Morgan fingerprint density at radius 2 is 1.44 bits per heavy atom. The number of carbonyl (C=O) groups excluding carboxylic acids is 1. The topological polar surface area (TPSA) is 125 Å². The predicted octanol–water partition coefficient (Wildman–Crippen LogP) is 4.51. The van der Waals surface area contributed by atoms with Crippen LogP contribution in [0.3, 0.4) is 0 Å². The highest BCUT2D eigenvalue weighted by atomic mass is 31.2. The number of amides is 1. The highest BCUT2D eigenvalue weighted by molar-refractivity contribution is 7.47. The first kappa shape index (κ1) is 32.2. The fraction of sp³-hybridized carbons (Fsp3) is 0.560. The van der Waals surface area contributed by atoms with Gasteiger partial charge in [0.15, 0.2) is 0 Å². The van der Waals surface area contributed by atoms with Crippen LogP contribution in [0.15, 0.2) is 60.8 Å². The summed E-state index contributed by atoms with van der Waals surface area (Å²) >= 11 is 0. The van der Waals surface area contributed by atoms with Crippen LogP contribution in [-0.4, -0.2) is 53.5 Å². The van der Waals surface area contributed by atoms with Gasteiger partial charge in [0.05, 0.1) is 19.8 Å². The average Bonchev–Trinajstić information content (AvgIpc) is 2.82. The van der Waals surface area contributed by atoms with Crippen molar-refractivity contribution in [2.45, 2.75) is 64.4 Å². The van der Waals surface area contributed by atoms with Gasteiger partial charge in [0.1, 0.15) is 6.10 Å². The van der Waals surface area contributed by atoms with Gasteiger partial charge in [-0.25, -0.2) is 4.57 Å². The molecule has 2 unspecified atom stereocenters. The first-order valence-electron chi connectivity index (χ1n) is 11.8. The molecule has 0 aliphatic carbocycles. The molecular weight excluding hydrogens is 457 g/mol. The molecule has 0 heterocycles. The van der Waals surface area contributed by atoms with Crippen LogP contribution in [-0.2, 0) is 18.4 Å². The molecule has 34 heavy (non-hydrogen) atoms. The predicted molar refractivity (Wildman–Crippen MR) is 136 cm³/mol. The van der Waals surface area contributed by atoms with Gasteiger partial charge in [-0.15, -0.1) is 0 Å². The normalized spacial score (nSPS) is 15.3. The van der Waals surface area contributed by atoms with E-state index in [1.165, 1.54) is 0 Å². The second-order valence-electron chi connectivity index (χ2n) is 7.38. The summed E-state index contributed by atoms with van der Waals surface area (Å²) in [7, 11) is -4.32. The molecule has 0 aliphatic heterocycles. The number of nitrogens with one attached hydrogen (secondary N) is 1. The lowest BCUT2D eigenvalue weighted by Crippen LogP contribution is -2.27. The Labute approximate surface area is 204 Å². The third-order valence-electron chi connectivity index (χ3n) is 4.25. The van der Waals surface area contributed by atoms with Gasteiger partial charge in [0.25, 0.3) is 0 Å². The van der Waals surface area contributed by atoms with Gasteiger partial charge < -0.3 is 20.4 Å². The minimum atomic E-state index is -4.32. The molecule has 194 valence electrons. The van der Waals surface area contributed by atoms with Gasteiger partial charge in [-0.3, -0.25) is 13.8 Å². The Balaban J connectivity index is 3.66. The number of hydrogen-bond acceptors (Lipinski definition) is 6. The maximum Gasteiger partial charge on any atom is 0.472 e. The third-order valence-corrected chi connectivity index (χ3v) is 5.24. The molecule has 0 bridgehead atoms. The van der Waals surface area contributed by atoms with E-state index in [1.807, 2.05) is 0 Å². The van der Waals surface area contributed by atoms with E-state index in [4.69, 9.17) is 10.2 Å². The smallest absolute Gasteiger partial charge is 0.394 e. The average molecular weight is 500 g/mol. The quantitative estimate of drug-likeness (QED) is 0.104. The Bertz CT molecular complexity index is 701. The standard InChI is InChI=1S/C25H42NO7P/c1-2-3-4-5-6-7-8-9-10-11-12-13-14-15-16-17-18-19-25(29)26-20-21-32-34(30,31)33-23-24(28)22-27/h3-4,6-7,9-10,12-13,15-16,24,27-28H,2,5,8,11,14,17-23H2,1H3,(H,26,29)(H,30,31)/b4-3-,7-6-,10-9-,13-12-,16-15-. The number of rotatable bonds is 21. The molecule has 0 aromatic carbocycles. The molecule has 4 N–H and O–H groups in total. The fourth-order valence-electron chi connectivity index (χ4n) is 2.46. The minimum absolute atomic E-state index is 0.0664. The molecule has 0 saturated carbocycles. The zero-order valence-electron chi connectivity index (χ0n) is 20.3. The van der Waals surface area contributed by atoms with Gasteiger partial charge in [-0.2, -0.15) is 0 Å². The van der Waals surface area contributed by atoms with E-state index in [1.54, 1.807) is 0 Å². The number of aliphatic hydroxyl groups is 2. The molecule has 0 fully saturated rings. The molecule has 1 amide bonds. The van der Waals surface area contributed by atoms with E-state index >= 15 is 0 Å². The summed E-state index contributed by atoms with van der Waals surface area (Å²) in [4.78, 5) is 21.1. The first-order chi connectivity index (χ1) is 16.4. The van der Waals surface area contributed by atoms with Crippen LogP contribution >= 0.6 is 7.82 Å². The van der Waals surface area contributed by atoms with E-state index in [0.717, 1.165) is 38.5 Å². The number of phosphoric ester groups is 1. The zero-order chi connectivity index (χ0) is 25.3. The Kier molecular flexibility index (Phi) is 21.8. The van der Waals surface area contributed by atoms with Crippen LogP contribution < -0.4 is 5.32 Å². The van der Waals surface area contributed by atoms with E-state index in [-0.39, 0.29) is 19.1 Å². The monoisotopic (exact) mass is 499 g/mol. The van der Waals surface area contributed by atoms with Crippen LogP contribution in [0.1, 0.15) is 58.3 Å². The molecule has 0 rings (SSSR count). The highest BCUT2D eigenvalue weighted by Gasteiger charge is 2.22. The second kappa shape index (κ2) is 23.0. The lowest BCUT2D eigenvalue weighted by molar-refractivity contribution is -0.121. The van der Waals surface area contributed by atoms with E-state index in [9.17, 15) is 14.3 Å². The molecule has 0 spiro atoms. The van der Waals surface area contributed by atoms with Gasteiger partial charge >= 0.3 is 7.82 Å². The molecule has 2 atom stereocenters. The van der Waals surface area contributed by atoms with Crippen molar-refractivity contribution in [3.63, 3.8) is 0 Å². The molecule has 0 radical (unpaired) electrons. The second-order valence-corrected chi connectivity index (χ2v) is 8.84. The van der Waals surface area contributed by atoms with Crippen molar-refractivity contribution in [3.8, 4) is 0 Å². The van der Waals surface area contributed by atoms with Crippen molar-refractivity contribution in [2.24, 2.45) is 0 Å². The summed E-state index contributed by atoms with van der Waals surface area (Å²) in [6, 6.07) is 0. The molecule has 0 aromatic heterocycles. The SMILES string of the molecule is CC/C=C\C/C=C\C/C=C\C/C=C\C/C=C\CCCC(=O)NCCOP(=O)(O)OCC(O)CO. The summed E-state index contributed by atoms with van der Waals surface area (Å²) in [5.41, 5.74) is 0. The largest absolute Gasteiger partial charge is 0.472 e. The lowest BCUT2D eigenvalue weighted by atomic mass is 10.2. The van der Waals surface area contributed by atoms with Crippen LogP contribution in [0.25, 0.3) is 0 Å². The van der Waals surface area contributed by atoms with Gasteiger partial charge in [0, 0.05) is 13.0 Å². The first-order valence-corrected chi connectivity index (χ1v) is 13.3. The minimum Gasteiger partial charge on any atom is -0.394 e. The number of phosphoric acid groups is 1. The number of allylic oxidation sites excluding steroid dienone is 10. The van der Waals surface area contributed by atoms with Crippen molar-refractivity contribution in [1.82, 2.24) is 5.32 Å². The lowest BCUT2D eigenvalue weighted by Gasteiger charge is -2.14. The van der Waals surface area contributed by atoms with E-state index in [0.29, 0.717) is 12.8 Å². The van der Waals surface area contributed by atoms with E-state index in [2.05, 4.69) is 82.0 Å². The van der Waals surface area contributed by atoms with E-state index < -0.39 is 27.1 Å². The van der Waals surface area contributed by atoms with Crippen molar-refractivity contribution < 1.29 is 33.5 Å². The fourth-order valence-corrected chi connectivity index (χ4v) is 3.22. The maximum absolute atomic E-state index is 11.7. The maximum atomic E-state index is 11.7. The van der Waals surface area contributed by atoms with Crippen LogP contribution in [0.4, 0.5) is 0 Å². The van der Waals surface area contributed by atoms with Crippen LogP contribution in [0.5, 0.6) is 0 Å². The zero-order valence-corrected chi connectivity index (χ0v) is 21.2. The van der Waals surface area contributed by atoms with Crippen molar-refractivity contribution in [2.75, 3.05) is 26.4 Å². The summed E-state index contributed by atoms with van der Waals surface area (Å²) in [5.74, 6) is -0.166. The van der Waals surface area contributed by atoms with Gasteiger partial charge in [-0.05, 0) is 44.9 Å². The molecule has 8 nitrogen and oxygen atoms in total. The molecule has 0 aliphatic rings. The third kappa shape index (κ3) is 23.4. The molecule has 9 heteroatoms. The Morgan fingerprint density at radius 1 is 0.912 bits per heavy atom. The summed E-state index contributed by atoms with van der Waals surface area (Å²) in [6.07, 6.45) is 26.8. The molecule has 0 saturated heterocycles. The summed E-state index contributed by atoms with van der Waals surface area (Å²) < 4.78 is 20.7. The highest BCUT2D eigenvalue weighted by Crippen LogP contribution is 2.42. The number of unbranched alkanes of at least 4 members (excludes halogenated alkanes) is 1. The number of aliphatic hydroxyl groups excluding tert-OH is 2. The van der Waals surface area contributed by atoms with Crippen molar-refractivity contribution >= 4 is 13.7 Å². The van der Waals surface area contributed by atoms with Crippen LogP contribution in [0, 0.1) is 0 Å². The van der Waals surface area contributed by atoms with Crippen LogP contribution in [0.2, 0.25) is 0 Å². The molecule has 0 aromatic rings. The van der Waals surface area contributed by atoms with Gasteiger partial charge in [-0.1, -0.05) is 67.7 Å². The van der Waals surface area contributed by atoms with Crippen molar-refractivity contribution in [3.05, 3.63) is 60.8 Å². The number of carbonyl (C=O) groups is 1. The summed E-state index contributed by atoms with van der Waals surface area (Å²) in [5, 5.41) is 20.3. The molecular formula is C25H42NO7P. The van der Waals surface area contributed by atoms with Crippen molar-refractivity contribution in [1.29, 1.82) is 0 Å². The summed E-state index contributed by atoms with van der Waals surface area (Å²) in [6.45, 7) is 0.884. The Hall–Kier alpha value is -1.80. The van der Waals surface area contributed by atoms with Gasteiger partial charge in [0.2, 0.25) is 5.91 Å². The Morgan fingerprint density at radius 3 is 1.97 bits per heavy atom.